The van der Waals surface area contributed by atoms with E-state index >= 15 is 4.39 Å². The highest BCUT2D eigenvalue weighted by molar-refractivity contribution is 7.93. The van der Waals surface area contributed by atoms with Gasteiger partial charge in [0.2, 0.25) is 0 Å². The third kappa shape index (κ3) is 5.35. The number of aliphatic hydroxyl groups is 1. The number of nitrogens with one attached hydrogen (secondary N) is 1. The fourth-order valence-corrected chi connectivity index (χ4v) is 8.47. The summed E-state index contributed by atoms with van der Waals surface area (Å²) in [6.45, 7) is 1.40. The van der Waals surface area contributed by atoms with Gasteiger partial charge in [-0.25, -0.2) is 22.1 Å². The SMILES string of the molecule is COc1ccc(CN(c2nccs2)S(=O)(=O)c2cc(Cl)c(NCC34CCCN3C(CO)CC4)cc2F)c(OC)c1. The number of benzene rings is 2. The van der Waals surface area contributed by atoms with Crippen molar-refractivity contribution in [1.29, 1.82) is 0 Å². The molecule has 2 fully saturated rings. The van der Waals surface area contributed by atoms with E-state index < -0.39 is 20.7 Å². The lowest BCUT2D eigenvalue weighted by atomic mass is 9.94. The number of methoxy groups -OCH3 is 2. The van der Waals surface area contributed by atoms with E-state index in [9.17, 15) is 13.5 Å². The van der Waals surface area contributed by atoms with E-state index in [1.807, 2.05) is 0 Å². The summed E-state index contributed by atoms with van der Waals surface area (Å²) in [7, 11) is -1.42. The molecule has 40 heavy (non-hydrogen) atoms. The predicted molar refractivity (Wildman–Crippen MR) is 154 cm³/mol. The van der Waals surface area contributed by atoms with Crippen LogP contribution < -0.4 is 19.1 Å². The van der Waals surface area contributed by atoms with Crippen LogP contribution in [-0.4, -0.2) is 68.9 Å². The average Bonchev–Trinajstić information content (AvgIpc) is 3.69. The zero-order valence-electron chi connectivity index (χ0n) is 22.3. The smallest absolute Gasteiger partial charge is 0.269 e. The van der Waals surface area contributed by atoms with Crippen molar-refractivity contribution >= 4 is 43.8 Å². The molecule has 0 amide bonds. The minimum absolute atomic E-state index is 0.0961. The predicted octanol–water partition coefficient (Wildman–Crippen LogP) is 4.75. The second kappa shape index (κ2) is 11.7. The van der Waals surface area contributed by atoms with Crippen molar-refractivity contribution in [3.05, 3.63) is 58.3 Å². The highest BCUT2D eigenvalue weighted by Crippen LogP contribution is 2.43. The summed E-state index contributed by atoms with van der Waals surface area (Å²) in [5, 5.41) is 14.9. The van der Waals surface area contributed by atoms with E-state index in [2.05, 4.69) is 15.2 Å². The number of thiazole rings is 1. The third-order valence-electron chi connectivity index (χ3n) is 7.88. The number of ether oxygens (including phenoxy) is 2. The largest absolute Gasteiger partial charge is 0.497 e. The van der Waals surface area contributed by atoms with Crippen LogP contribution in [0.5, 0.6) is 11.5 Å². The molecule has 2 aliphatic rings. The number of rotatable bonds is 11. The van der Waals surface area contributed by atoms with Crippen LogP contribution in [0.25, 0.3) is 0 Å². The van der Waals surface area contributed by atoms with Gasteiger partial charge in [-0.3, -0.25) is 4.90 Å². The molecule has 2 unspecified atom stereocenters. The van der Waals surface area contributed by atoms with Crippen LogP contribution in [0.3, 0.4) is 0 Å². The first kappa shape index (κ1) is 28.9. The monoisotopic (exact) mass is 610 g/mol. The van der Waals surface area contributed by atoms with Crippen molar-refractivity contribution in [3.8, 4) is 11.5 Å². The molecule has 9 nitrogen and oxygen atoms in total. The Bertz CT molecular complexity index is 1460. The summed E-state index contributed by atoms with van der Waals surface area (Å²) >= 11 is 7.67. The van der Waals surface area contributed by atoms with Gasteiger partial charge < -0.3 is 19.9 Å². The molecule has 13 heteroatoms. The van der Waals surface area contributed by atoms with Crippen molar-refractivity contribution in [2.24, 2.45) is 0 Å². The summed E-state index contributed by atoms with van der Waals surface area (Å²) < 4.78 is 55.1. The van der Waals surface area contributed by atoms with Crippen molar-refractivity contribution < 1.29 is 27.4 Å². The van der Waals surface area contributed by atoms with Crippen LogP contribution in [0.2, 0.25) is 5.02 Å². The van der Waals surface area contributed by atoms with Crippen molar-refractivity contribution in [2.75, 3.05) is 43.5 Å². The summed E-state index contributed by atoms with van der Waals surface area (Å²) in [6, 6.07) is 7.46. The molecule has 0 spiro atoms. The van der Waals surface area contributed by atoms with Gasteiger partial charge in [0.05, 0.1) is 38.1 Å². The van der Waals surface area contributed by atoms with Crippen molar-refractivity contribution in [1.82, 2.24) is 9.88 Å². The normalized spacial score (nSPS) is 20.9. The van der Waals surface area contributed by atoms with Crippen LogP contribution in [0.1, 0.15) is 31.2 Å². The van der Waals surface area contributed by atoms with E-state index in [1.54, 1.807) is 23.6 Å². The van der Waals surface area contributed by atoms with E-state index in [-0.39, 0.29) is 34.9 Å². The molecule has 0 saturated carbocycles. The molecule has 2 atom stereocenters. The molecule has 1 aromatic heterocycles. The van der Waals surface area contributed by atoms with Gasteiger partial charge in [0.1, 0.15) is 22.2 Å². The summed E-state index contributed by atoms with van der Waals surface area (Å²) in [6.07, 6.45) is 5.32. The Balaban J connectivity index is 1.43. The maximum Gasteiger partial charge on any atom is 0.269 e. The van der Waals surface area contributed by atoms with Gasteiger partial charge in [-0.15, -0.1) is 11.3 Å². The minimum atomic E-state index is -4.42. The van der Waals surface area contributed by atoms with Gasteiger partial charge in [-0.1, -0.05) is 11.6 Å². The van der Waals surface area contributed by atoms with Crippen molar-refractivity contribution in [2.45, 2.75) is 48.7 Å². The lowest BCUT2D eigenvalue weighted by Gasteiger charge is -2.35. The molecular weight excluding hydrogens is 579 g/mol. The molecular formula is C27H32ClFN4O5S2. The number of aromatic nitrogens is 1. The molecule has 5 rings (SSSR count). The molecule has 0 bridgehead atoms. The number of fused-ring (bicyclic) bond motifs is 1. The quantitative estimate of drug-likeness (QED) is 0.321. The molecule has 2 saturated heterocycles. The Kier molecular flexibility index (Phi) is 8.44. The number of aliphatic hydroxyl groups excluding tert-OH is 1. The molecule has 3 heterocycles. The van der Waals surface area contributed by atoms with E-state index in [4.69, 9.17) is 21.1 Å². The zero-order chi connectivity index (χ0) is 28.5. The van der Waals surface area contributed by atoms with E-state index in [1.165, 1.54) is 20.4 Å². The van der Waals surface area contributed by atoms with Crippen molar-refractivity contribution in [3.63, 3.8) is 0 Å². The number of sulfonamides is 1. The van der Waals surface area contributed by atoms with Crippen LogP contribution in [-0.2, 0) is 16.6 Å². The van der Waals surface area contributed by atoms with Gasteiger partial charge in [0.25, 0.3) is 10.0 Å². The first-order valence-electron chi connectivity index (χ1n) is 13.0. The van der Waals surface area contributed by atoms with Crippen LogP contribution >= 0.6 is 22.9 Å². The maximum absolute atomic E-state index is 15.6. The van der Waals surface area contributed by atoms with Gasteiger partial charge in [-0.05, 0) is 56.5 Å². The fraction of sp³-hybridized carbons (Fsp3) is 0.444. The Morgan fingerprint density at radius 2 is 2.10 bits per heavy atom. The third-order valence-corrected chi connectivity index (χ3v) is 10.9. The standard InChI is InChI=1S/C27H32ClFN4O5S2/c1-37-20-5-4-18(24(12-20)38-2)15-33(26-30-9-11-39-26)40(35,36)25-13-21(28)23(14-22(25)29)31-17-27-7-3-10-32(27)19(16-34)6-8-27/h4-5,9,11-14,19,31,34H,3,6-8,10,15-17H2,1-2H3. The van der Waals surface area contributed by atoms with E-state index in [0.29, 0.717) is 29.3 Å². The first-order chi connectivity index (χ1) is 19.2. The maximum atomic E-state index is 15.6. The van der Waals surface area contributed by atoms with E-state index in [0.717, 1.165) is 60.0 Å². The number of nitrogens with zero attached hydrogens (tertiary/aromatic N) is 3. The Morgan fingerprint density at radius 3 is 2.80 bits per heavy atom. The summed E-state index contributed by atoms with van der Waals surface area (Å²) in [5.74, 6) is 0.0512. The zero-order valence-corrected chi connectivity index (χ0v) is 24.7. The summed E-state index contributed by atoms with van der Waals surface area (Å²) in [5.41, 5.74) is 0.742. The Labute approximate surface area is 242 Å². The lowest BCUT2D eigenvalue weighted by molar-refractivity contribution is 0.113. The topological polar surface area (TPSA) is 104 Å². The second-order valence-corrected chi connectivity index (χ2v) is 13.1. The lowest BCUT2D eigenvalue weighted by Crippen LogP contribution is -2.48. The van der Waals surface area contributed by atoms with Gasteiger partial charge in [0.15, 0.2) is 5.13 Å². The molecule has 0 aliphatic carbocycles. The Morgan fingerprint density at radius 1 is 1.27 bits per heavy atom. The molecule has 2 aliphatic heterocycles. The molecule has 2 aromatic carbocycles. The number of halogens is 2. The first-order valence-corrected chi connectivity index (χ1v) is 15.7. The van der Waals surface area contributed by atoms with Crippen LogP contribution in [0, 0.1) is 5.82 Å². The molecule has 2 N–H and O–H groups in total. The second-order valence-electron chi connectivity index (χ2n) is 10.0. The molecule has 216 valence electrons. The van der Waals surface area contributed by atoms with Gasteiger partial charge >= 0.3 is 0 Å². The average molecular weight is 611 g/mol. The highest BCUT2D eigenvalue weighted by Gasteiger charge is 2.48. The number of hydrogen-bond acceptors (Lipinski definition) is 9. The Hall–Kier alpha value is -2.64. The fourth-order valence-electron chi connectivity index (χ4n) is 5.83. The summed E-state index contributed by atoms with van der Waals surface area (Å²) in [4.78, 5) is 5.98. The molecule has 3 aromatic rings. The molecule has 0 radical (unpaired) electrons. The van der Waals surface area contributed by atoms with Gasteiger partial charge in [0, 0.05) is 41.3 Å². The number of anilines is 2. The number of hydrogen-bond donors (Lipinski definition) is 2. The van der Waals surface area contributed by atoms with Crippen LogP contribution in [0.4, 0.5) is 15.2 Å². The van der Waals surface area contributed by atoms with Gasteiger partial charge in [-0.2, -0.15) is 0 Å². The highest BCUT2D eigenvalue weighted by atomic mass is 35.5. The van der Waals surface area contributed by atoms with Crippen LogP contribution in [0.15, 0.2) is 46.8 Å². The minimum Gasteiger partial charge on any atom is -0.497 e.